The molecular formula is C15H23ClN2O. The predicted molar refractivity (Wildman–Crippen MR) is 80.5 cm³/mol. The Morgan fingerprint density at radius 3 is 2.84 bits per heavy atom. The van der Waals surface area contributed by atoms with E-state index in [-0.39, 0.29) is 6.04 Å². The molecule has 0 bridgehead atoms. The van der Waals surface area contributed by atoms with Gasteiger partial charge in [-0.3, -0.25) is 0 Å². The van der Waals surface area contributed by atoms with Gasteiger partial charge >= 0.3 is 0 Å². The first-order valence-electron chi connectivity index (χ1n) is 6.86. The maximum atomic E-state index is 5.73. The fraction of sp³-hybridized carbons (Fsp3) is 0.600. The third kappa shape index (κ3) is 6.58. The summed E-state index contributed by atoms with van der Waals surface area (Å²) >= 11 is 5.73. The number of hydrogen-bond acceptors (Lipinski definition) is 3. The molecule has 0 N–H and O–H groups in total. The van der Waals surface area contributed by atoms with Crippen LogP contribution in [0.1, 0.15) is 31.7 Å². The van der Waals surface area contributed by atoms with E-state index in [2.05, 4.69) is 22.4 Å². The smallest absolute Gasteiger partial charge is 0.119 e. The van der Waals surface area contributed by atoms with Crippen molar-refractivity contribution in [2.24, 2.45) is 10.2 Å². The van der Waals surface area contributed by atoms with Crippen molar-refractivity contribution in [3.8, 4) is 5.75 Å². The zero-order valence-corrected chi connectivity index (χ0v) is 12.6. The number of hydrogen-bond donors (Lipinski definition) is 0. The summed E-state index contributed by atoms with van der Waals surface area (Å²) < 4.78 is 5.51. The molecule has 0 fully saturated rings. The Bertz CT molecular complexity index is 382. The van der Waals surface area contributed by atoms with Crippen LogP contribution in [0.2, 0.25) is 0 Å². The Morgan fingerprint density at radius 2 is 2.16 bits per heavy atom. The van der Waals surface area contributed by atoms with Crippen molar-refractivity contribution in [2.45, 2.75) is 38.6 Å². The molecule has 106 valence electrons. The van der Waals surface area contributed by atoms with E-state index in [1.165, 1.54) is 5.56 Å². The normalized spacial score (nSPS) is 12.8. The molecule has 1 unspecified atom stereocenters. The van der Waals surface area contributed by atoms with Crippen molar-refractivity contribution in [1.29, 1.82) is 0 Å². The van der Waals surface area contributed by atoms with Crippen LogP contribution in [0.4, 0.5) is 0 Å². The molecule has 4 heteroatoms. The molecule has 1 rings (SSSR count). The lowest BCUT2D eigenvalue weighted by Crippen LogP contribution is -2.06. The molecule has 0 saturated carbocycles. The Hall–Kier alpha value is -1.09. The minimum absolute atomic E-state index is 0.277. The number of rotatable bonds is 9. The topological polar surface area (TPSA) is 34.0 Å². The fourth-order valence-corrected chi connectivity index (χ4v) is 2.18. The predicted octanol–water partition coefficient (Wildman–Crippen LogP) is 4.49. The van der Waals surface area contributed by atoms with E-state index < -0.39 is 0 Å². The molecule has 3 nitrogen and oxygen atoms in total. The number of ether oxygens (including phenoxy) is 1. The van der Waals surface area contributed by atoms with E-state index >= 15 is 0 Å². The SMILES string of the molecule is CCOc1cccc(CCC(CCCCl)N=NC)c1. The molecule has 0 aliphatic rings. The molecule has 0 saturated heterocycles. The highest BCUT2D eigenvalue weighted by molar-refractivity contribution is 6.17. The van der Waals surface area contributed by atoms with Crippen LogP contribution in [0.15, 0.2) is 34.5 Å². The molecule has 0 aromatic heterocycles. The molecule has 0 amide bonds. The number of aryl methyl sites for hydroxylation is 1. The van der Waals surface area contributed by atoms with Crippen molar-refractivity contribution in [2.75, 3.05) is 19.5 Å². The summed E-state index contributed by atoms with van der Waals surface area (Å²) in [4.78, 5) is 0. The quantitative estimate of drug-likeness (QED) is 0.485. The maximum absolute atomic E-state index is 5.73. The van der Waals surface area contributed by atoms with Gasteiger partial charge in [-0.2, -0.15) is 10.2 Å². The number of nitrogens with zero attached hydrogens (tertiary/aromatic N) is 2. The lowest BCUT2D eigenvalue weighted by Gasteiger charge is -2.11. The highest BCUT2D eigenvalue weighted by Gasteiger charge is 2.07. The molecule has 0 aliphatic carbocycles. The van der Waals surface area contributed by atoms with Gasteiger partial charge in [-0.1, -0.05) is 12.1 Å². The summed E-state index contributed by atoms with van der Waals surface area (Å²) in [6, 6.07) is 8.54. The van der Waals surface area contributed by atoms with Crippen LogP contribution >= 0.6 is 11.6 Å². The van der Waals surface area contributed by atoms with Gasteiger partial charge in [0, 0.05) is 12.9 Å². The molecule has 1 atom stereocenters. The van der Waals surface area contributed by atoms with E-state index in [1.807, 2.05) is 19.1 Å². The van der Waals surface area contributed by atoms with E-state index in [1.54, 1.807) is 7.05 Å². The van der Waals surface area contributed by atoms with Crippen molar-refractivity contribution in [1.82, 2.24) is 0 Å². The van der Waals surface area contributed by atoms with Gasteiger partial charge < -0.3 is 4.74 Å². The van der Waals surface area contributed by atoms with Crippen LogP contribution < -0.4 is 4.74 Å². The Labute approximate surface area is 121 Å². The molecular weight excluding hydrogens is 260 g/mol. The van der Waals surface area contributed by atoms with Gasteiger partial charge in [-0.25, -0.2) is 0 Å². The summed E-state index contributed by atoms with van der Waals surface area (Å²) in [5.41, 5.74) is 1.29. The van der Waals surface area contributed by atoms with E-state index in [9.17, 15) is 0 Å². The van der Waals surface area contributed by atoms with Gasteiger partial charge in [0.05, 0.1) is 12.6 Å². The highest BCUT2D eigenvalue weighted by Crippen LogP contribution is 2.17. The van der Waals surface area contributed by atoms with Crippen molar-refractivity contribution in [3.05, 3.63) is 29.8 Å². The van der Waals surface area contributed by atoms with Crippen molar-refractivity contribution >= 4 is 11.6 Å². The molecule has 1 aromatic carbocycles. The van der Waals surface area contributed by atoms with Crippen LogP contribution in [-0.2, 0) is 6.42 Å². The molecule has 0 aliphatic heterocycles. The Morgan fingerprint density at radius 1 is 1.32 bits per heavy atom. The second-order valence-corrected chi connectivity index (χ2v) is 4.80. The minimum atomic E-state index is 0.277. The van der Waals surface area contributed by atoms with Crippen LogP contribution in [-0.4, -0.2) is 25.6 Å². The molecule has 0 radical (unpaired) electrons. The second kappa shape index (κ2) is 9.79. The minimum Gasteiger partial charge on any atom is -0.494 e. The van der Waals surface area contributed by atoms with Gasteiger partial charge in [0.15, 0.2) is 0 Å². The van der Waals surface area contributed by atoms with Gasteiger partial charge in [0.25, 0.3) is 0 Å². The standard InChI is InChI=1S/C15H23ClN2O/c1-3-19-15-8-4-6-13(12-15)9-10-14(18-17-2)7-5-11-16/h4,6,8,12,14H,3,5,7,9-11H2,1-2H3. The Balaban J connectivity index is 2.50. The van der Waals surface area contributed by atoms with E-state index in [0.29, 0.717) is 12.5 Å². The summed E-state index contributed by atoms with van der Waals surface area (Å²) in [5, 5.41) is 8.18. The van der Waals surface area contributed by atoms with Gasteiger partial charge in [-0.15, -0.1) is 11.6 Å². The number of halogens is 1. The molecule has 0 spiro atoms. The number of benzene rings is 1. The van der Waals surface area contributed by atoms with Crippen LogP contribution in [0, 0.1) is 0 Å². The zero-order chi connectivity index (χ0) is 13.9. The summed E-state index contributed by atoms with van der Waals surface area (Å²) in [7, 11) is 1.73. The maximum Gasteiger partial charge on any atom is 0.119 e. The molecule has 1 aromatic rings. The van der Waals surface area contributed by atoms with E-state index in [4.69, 9.17) is 16.3 Å². The monoisotopic (exact) mass is 282 g/mol. The number of alkyl halides is 1. The summed E-state index contributed by atoms with van der Waals surface area (Å²) in [5.74, 6) is 1.63. The third-order valence-electron chi connectivity index (χ3n) is 2.93. The van der Waals surface area contributed by atoms with Crippen molar-refractivity contribution < 1.29 is 4.74 Å². The lowest BCUT2D eigenvalue weighted by atomic mass is 10.0. The van der Waals surface area contributed by atoms with Gasteiger partial charge in [-0.05, 0) is 50.3 Å². The van der Waals surface area contributed by atoms with Gasteiger partial charge in [0.1, 0.15) is 5.75 Å². The first-order chi connectivity index (χ1) is 9.30. The average molecular weight is 283 g/mol. The fourth-order valence-electron chi connectivity index (χ4n) is 2.03. The Kier molecular flexibility index (Phi) is 8.23. The van der Waals surface area contributed by atoms with Crippen LogP contribution in [0.5, 0.6) is 5.75 Å². The number of azo groups is 1. The second-order valence-electron chi connectivity index (χ2n) is 4.42. The molecule has 19 heavy (non-hydrogen) atoms. The zero-order valence-electron chi connectivity index (χ0n) is 11.8. The third-order valence-corrected chi connectivity index (χ3v) is 3.19. The lowest BCUT2D eigenvalue weighted by molar-refractivity contribution is 0.340. The van der Waals surface area contributed by atoms with E-state index in [0.717, 1.165) is 31.4 Å². The van der Waals surface area contributed by atoms with Crippen molar-refractivity contribution in [3.63, 3.8) is 0 Å². The van der Waals surface area contributed by atoms with Crippen LogP contribution in [0.25, 0.3) is 0 Å². The first-order valence-corrected chi connectivity index (χ1v) is 7.40. The largest absolute Gasteiger partial charge is 0.494 e. The first kappa shape index (κ1) is 16.0. The van der Waals surface area contributed by atoms with Crippen LogP contribution in [0.3, 0.4) is 0 Å². The average Bonchev–Trinajstić information content (AvgIpc) is 2.43. The summed E-state index contributed by atoms with van der Waals surface area (Å²) in [6.45, 7) is 2.70. The van der Waals surface area contributed by atoms with Gasteiger partial charge in [0.2, 0.25) is 0 Å². The molecule has 0 heterocycles. The highest BCUT2D eigenvalue weighted by atomic mass is 35.5. The summed E-state index contributed by atoms with van der Waals surface area (Å²) in [6.07, 6.45) is 3.99.